The number of halogens is 4. The standard InChI is InChI=1S/C15H13BrF3NO/c1-20-15(12-9(17)4-3-5-11(12)21-2)13-10(18)7-6-8(16)14(13)19/h3-7,15,20H,1-2H3. The maximum atomic E-state index is 14.3. The first-order chi connectivity index (χ1) is 10.0. The summed E-state index contributed by atoms with van der Waals surface area (Å²) in [5.41, 5.74) is -0.214. The second-order valence-electron chi connectivity index (χ2n) is 4.33. The van der Waals surface area contributed by atoms with Crippen LogP contribution in [0.3, 0.4) is 0 Å². The van der Waals surface area contributed by atoms with Crippen LogP contribution in [0.4, 0.5) is 13.2 Å². The average molecular weight is 360 g/mol. The van der Waals surface area contributed by atoms with Gasteiger partial charge in [0, 0.05) is 5.56 Å². The van der Waals surface area contributed by atoms with Crippen molar-refractivity contribution in [2.24, 2.45) is 0 Å². The highest BCUT2D eigenvalue weighted by molar-refractivity contribution is 9.10. The molecule has 1 atom stereocenters. The van der Waals surface area contributed by atoms with Gasteiger partial charge in [-0.15, -0.1) is 0 Å². The van der Waals surface area contributed by atoms with Gasteiger partial charge in [0.15, 0.2) is 0 Å². The molecule has 6 heteroatoms. The van der Waals surface area contributed by atoms with Crippen LogP contribution in [-0.4, -0.2) is 14.2 Å². The average Bonchev–Trinajstić information content (AvgIpc) is 2.48. The van der Waals surface area contributed by atoms with Gasteiger partial charge in [0.25, 0.3) is 0 Å². The van der Waals surface area contributed by atoms with Gasteiger partial charge in [-0.3, -0.25) is 0 Å². The SMILES string of the molecule is CNC(c1c(F)cccc1OC)c1c(F)ccc(Br)c1F. The molecule has 112 valence electrons. The molecular weight excluding hydrogens is 347 g/mol. The molecule has 0 aliphatic heterocycles. The van der Waals surface area contributed by atoms with E-state index in [0.717, 1.165) is 6.07 Å². The number of hydrogen-bond donors (Lipinski definition) is 1. The van der Waals surface area contributed by atoms with Crippen molar-refractivity contribution < 1.29 is 17.9 Å². The van der Waals surface area contributed by atoms with Crippen LogP contribution in [0.5, 0.6) is 5.75 Å². The molecule has 0 amide bonds. The van der Waals surface area contributed by atoms with E-state index in [1.807, 2.05) is 0 Å². The second-order valence-corrected chi connectivity index (χ2v) is 5.19. The third-order valence-electron chi connectivity index (χ3n) is 3.18. The fraction of sp³-hybridized carbons (Fsp3) is 0.200. The molecule has 2 rings (SSSR count). The van der Waals surface area contributed by atoms with E-state index in [4.69, 9.17) is 4.74 Å². The number of methoxy groups -OCH3 is 1. The first-order valence-corrected chi connectivity index (χ1v) is 6.93. The molecule has 1 unspecified atom stereocenters. The Labute approximate surface area is 129 Å². The third-order valence-corrected chi connectivity index (χ3v) is 3.79. The van der Waals surface area contributed by atoms with Crippen molar-refractivity contribution >= 4 is 15.9 Å². The summed E-state index contributed by atoms with van der Waals surface area (Å²) in [6, 6.07) is 5.60. The first-order valence-electron chi connectivity index (χ1n) is 6.14. The van der Waals surface area contributed by atoms with Crippen molar-refractivity contribution in [3.8, 4) is 5.75 Å². The molecule has 0 spiro atoms. The predicted octanol–water partition coefficient (Wildman–Crippen LogP) is 4.18. The second kappa shape index (κ2) is 6.49. The fourth-order valence-corrected chi connectivity index (χ4v) is 2.56. The zero-order valence-corrected chi connectivity index (χ0v) is 13.0. The van der Waals surface area contributed by atoms with Crippen molar-refractivity contribution in [2.45, 2.75) is 6.04 Å². The lowest BCUT2D eigenvalue weighted by molar-refractivity contribution is 0.396. The Morgan fingerprint density at radius 3 is 2.33 bits per heavy atom. The molecule has 0 aliphatic carbocycles. The molecule has 1 N–H and O–H groups in total. The van der Waals surface area contributed by atoms with E-state index in [2.05, 4.69) is 21.2 Å². The lowest BCUT2D eigenvalue weighted by atomic mass is 9.96. The summed E-state index contributed by atoms with van der Waals surface area (Å²) in [6.45, 7) is 0. The molecule has 0 aromatic heterocycles. The molecule has 0 aliphatic rings. The molecular formula is C15H13BrF3NO. The van der Waals surface area contributed by atoms with E-state index in [0.29, 0.717) is 0 Å². The summed E-state index contributed by atoms with van der Waals surface area (Å²) in [5.74, 6) is -1.93. The van der Waals surface area contributed by atoms with E-state index >= 15 is 0 Å². The van der Waals surface area contributed by atoms with Gasteiger partial charge >= 0.3 is 0 Å². The Bertz CT molecular complexity index is 664. The summed E-state index contributed by atoms with van der Waals surface area (Å²) in [7, 11) is 2.87. The Morgan fingerprint density at radius 2 is 1.71 bits per heavy atom. The molecule has 21 heavy (non-hydrogen) atoms. The summed E-state index contributed by atoms with van der Waals surface area (Å²) >= 11 is 3.01. The van der Waals surface area contributed by atoms with Crippen LogP contribution in [0.1, 0.15) is 17.2 Å². The summed E-state index contributed by atoms with van der Waals surface area (Å²) in [4.78, 5) is 0. The molecule has 0 bridgehead atoms. The van der Waals surface area contributed by atoms with Crippen LogP contribution in [0.25, 0.3) is 0 Å². The minimum absolute atomic E-state index is 0.0541. The normalized spacial score (nSPS) is 12.3. The van der Waals surface area contributed by atoms with E-state index < -0.39 is 23.5 Å². The number of rotatable bonds is 4. The van der Waals surface area contributed by atoms with Crippen molar-refractivity contribution in [3.63, 3.8) is 0 Å². The number of ether oxygens (including phenoxy) is 1. The highest BCUT2D eigenvalue weighted by Gasteiger charge is 2.27. The smallest absolute Gasteiger partial charge is 0.145 e. The van der Waals surface area contributed by atoms with Gasteiger partial charge in [-0.2, -0.15) is 0 Å². The highest BCUT2D eigenvalue weighted by atomic mass is 79.9. The van der Waals surface area contributed by atoms with Gasteiger partial charge in [-0.05, 0) is 47.2 Å². The lowest BCUT2D eigenvalue weighted by Gasteiger charge is -2.21. The number of benzene rings is 2. The van der Waals surface area contributed by atoms with E-state index in [-0.39, 0.29) is 21.3 Å². The Kier molecular flexibility index (Phi) is 4.90. The molecule has 2 nitrogen and oxygen atoms in total. The number of hydrogen-bond acceptors (Lipinski definition) is 2. The van der Waals surface area contributed by atoms with Crippen LogP contribution in [0, 0.1) is 17.5 Å². The summed E-state index contributed by atoms with van der Waals surface area (Å²) in [5, 5.41) is 2.74. The highest BCUT2D eigenvalue weighted by Crippen LogP contribution is 2.36. The first kappa shape index (κ1) is 15.9. The van der Waals surface area contributed by atoms with Crippen molar-refractivity contribution in [3.05, 3.63) is 63.4 Å². The van der Waals surface area contributed by atoms with Crippen LogP contribution in [-0.2, 0) is 0 Å². The van der Waals surface area contributed by atoms with Crippen molar-refractivity contribution in [1.82, 2.24) is 5.32 Å². The van der Waals surface area contributed by atoms with Crippen LogP contribution in [0.2, 0.25) is 0 Å². The predicted molar refractivity (Wildman–Crippen MR) is 77.9 cm³/mol. The molecule has 0 radical (unpaired) electrons. The monoisotopic (exact) mass is 359 g/mol. The zero-order chi connectivity index (χ0) is 15.6. The van der Waals surface area contributed by atoms with Crippen LogP contribution in [0.15, 0.2) is 34.8 Å². The summed E-state index contributed by atoms with van der Waals surface area (Å²) < 4.78 is 47.7. The summed E-state index contributed by atoms with van der Waals surface area (Å²) in [6.07, 6.45) is 0. The Hall–Kier alpha value is -1.53. The maximum absolute atomic E-state index is 14.3. The van der Waals surface area contributed by atoms with Crippen molar-refractivity contribution in [1.29, 1.82) is 0 Å². The van der Waals surface area contributed by atoms with Gasteiger partial charge in [0.1, 0.15) is 23.2 Å². The molecule has 0 saturated heterocycles. The number of nitrogens with one attached hydrogen (secondary N) is 1. The van der Waals surface area contributed by atoms with E-state index in [9.17, 15) is 13.2 Å². The van der Waals surface area contributed by atoms with Crippen molar-refractivity contribution in [2.75, 3.05) is 14.2 Å². The molecule has 0 heterocycles. The molecule has 2 aromatic carbocycles. The van der Waals surface area contributed by atoms with Gasteiger partial charge < -0.3 is 10.1 Å². The minimum atomic E-state index is -1.02. The van der Waals surface area contributed by atoms with E-state index in [1.165, 1.54) is 38.4 Å². The fourth-order valence-electron chi connectivity index (χ4n) is 2.22. The lowest BCUT2D eigenvalue weighted by Crippen LogP contribution is -2.22. The van der Waals surface area contributed by atoms with Gasteiger partial charge in [-0.1, -0.05) is 6.07 Å². The largest absolute Gasteiger partial charge is 0.496 e. The molecule has 0 saturated carbocycles. The van der Waals surface area contributed by atoms with Crippen LogP contribution < -0.4 is 10.1 Å². The van der Waals surface area contributed by atoms with Gasteiger partial charge in [0.2, 0.25) is 0 Å². The van der Waals surface area contributed by atoms with Crippen LogP contribution >= 0.6 is 15.9 Å². The van der Waals surface area contributed by atoms with E-state index in [1.54, 1.807) is 0 Å². The maximum Gasteiger partial charge on any atom is 0.145 e. The zero-order valence-electron chi connectivity index (χ0n) is 11.4. The molecule has 0 fully saturated rings. The minimum Gasteiger partial charge on any atom is -0.496 e. The Morgan fingerprint density at radius 1 is 1.05 bits per heavy atom. The van der Waals surface area contributed by atoms with Gasteiger partial charge in [0.05, 0.1) is 23.2 Å². The Balaban J connectivity index is 2.69. The topological polar surface area (TPSA) is 21.3 Å². The third kappa shape index (κ3) is 2.91. The quantitative estimate of drug-likeness (QED) is 0.826. The van der Waals surface area contributed by atoms with Gasteiger partial charge in [-0.25, -0.2) is 13.2 Å². The molecule has 2 aromatic rings.